The number of benzene rings is 2. The Morgan fingerprint density at radius 2 is 1.73 bits per heavy atom. The fourth-order valence-corrected chi connectivity index (χ4v) is 1.90. The van der Waals surface area contributed by atoms with Crippen LogP contribution in [-0.4, -0.2) is 24.8 Å². The number of nitrogens with zero attached hydrogens (tertiary/aromatic N) is 1. The zero-order valence-corrected chi connectivity index (χ0v) is 13.4. The van der Waals surface area contributed by atoms with Crippen LogP contribution in [0.5, 0.6) is 5.75 Å². The molecule has 0 aromatic heterocycles. The third-order valence-corrected chi connectivity index (χ3v) is 3.23. The van der Waals surface area contributed by atoms with Crippen molar-refractivity contribution < 1.29 is 9.53 Å². The highest BCUT2D eigenvalue weighted by Gasteiger charge is 2.02. The van der Waals surface area contributed by atoms with E-state index in [0.717, 1.165) is 11.3 Å². The van der Waals surface area contributed by atoms with Gasteiger partial charge in [-0.1, -0.05) is 23.7 Å². The van der Waals surface area contributed by atoms with Crippen LogP contribution < -0.4 is 4.74 Å². The predicted octanol–water partition coefficient (Wildman–Crippen LogP) is 4.18. The summed E-state index contributed by atoms with van der Waals surface area (Å²) in [6.45, 7) is 0.463. The molecule has 0 unspecified atom stereocenters. The summed E-state index contributed by atoms with van der Waals surface area (Å²) >= 11 is 5.84. The molecule has 2 aromatic rings. The van der Waals surface area contributed by atoms with Crippen LogP contribution in [0, 0.1) is 0 Å². The van der Waals surface area contributed by atoms with Crippen molar-refractivity contribution in [1.82, 2.24) is 4.90 Å². The first kappa shape index (κ1) is 16.1. The van der Waals surface area contributed by atoms with E-state index in [4.69, 9.17) is 16.3 Å². The topological polar surface area (TPSA) is 29.5 Å². The van der Waals surface area contributed by atoms with Crippen molar-refractivity contribution in [2.24, 2.45) is 0 Å². The molecule has 0 bridgehead atoms. The zero-order chi connectivity index (χ0) is 15.9. The second-order valence-corrected chi connectivity index (χ2v) is 5.52. The maximum Gasteiger partial charge on any atom is 0.187 e. The third-order valence-electron chi connectivity index (χ3n) is 2.98. The van der Waals surface area contributed by atoms with E-state index in [1.165, 1.54) is 0 Å². The van der Waals surface area contributed by atoms with Crippen molar-refractivity contribution in [2.75, 3.05) is 14.1 Å². The van der Waals surface area contributed by atoms with Crippen molar-refractivity contribution in [3.63, 3.8) is 0 Å². The number of allylic oxidation sites excluding steroid dienone is 1. The molecule has 0 spiro atoms. The van der Waals surface area contributed by atoms with Crippen molar-refractivity contribution in [1.29, 1.82) is 0 Å². The number of carbonyl (C=O) groups is 1. The van der Waals surface area contributed by atoms with Crippen LogP contribution >= 0.6 is 11.6 Å². The highest BCUT2D eigenvalue weighted by atomic mass is 35.5. The van der Waals surface area contributed by atoms with Gasteiger partial charge in [0.1, 0.15) is 12.4 Å². The number of halogens is 1. The Hall–Kier alpha value is -2.26. The first-order chi connectivity index (χ1) is 10.5. The molecule has 0 amide bonds. The SMILES string of the molecule is CN(C)C=CC(=O)c1ccc(OCc2ccc(Cl)cc2)cc1. The maximum atomic E-state index is 11.9. The number of hydrogen-bond acceptors (Lipinski definition) is 3. The first-order valence-corrected chi connectivity index (χ1v) is 7.28. The molecule has 0 fully saturated rings. The van der Waals surface area contributed by atoms with Crippen LogP contribution in [0.15, 0.2) is 60.8 Å². The van der Waals surface area contributed by atoms with Crippen molar-refractivity contribution >= 4 is 17.4 Å². The average Bonchev–Trinajstić information content (AvgIpc) is 2.52. The Bertz CT molecular complexity index is 646. The van der Waals surface area contributed by atoms with Crippen LogP contribution in [-0.2, 0) is 6.61 Å². The lowest BCUT2D eigenvalue weighted by Gasteiger charge is -2.07. The molecule has 0 heterocycles. The molecule has 0 saturated heterocycles. The van der Waals surface area contributed by atoms with Gasteiger partial charge in [0, 0.05) is 37.0 Å². The molecular formula is C18H18ClNO2. The molecule has 0 saturated carbocycles. The van der Waals surface area contributed by atoms with E-state index in [1.807, 2.05) is 43.3 Å². The summed E-state index contributed by atoms with van der Waals surface area (Å²) in [6, 6.07) is 14.6. The predicted molar refractivity (Wildman–Crippen MR) is 89.4 cm³/mol. The molecule has 0 N–H and O–H groups in total. The van der Waals surface area contributed by atoms with Gasteiger partial charge < -0.3 is 9.64 Å². The van der Waals surface area contributed by atoms with E-state index >= 15 is 0 Å². The standard InChI is InChI=1S/C18H18ClNO2/c1-20(2)12-11-18(21)15-5-9-17(10-6-15)22-13-14-3-7-16(19)8-4-14/h3-12H,13H2,1-2H3. The molecule has 0 aliphatic heterocycles. The molecule has 2 aromatic carbocycles. The maximum absolute atomic E-state index is 11.9. The highest BCUT2D eigenvalue weighted by molar-refractivity contribution is 6.30. The van der Waals surface area contributed by atoms with Gasteiger partial charge in [-0.25, -0.2) is 0 Å². The molecule has 0 aliphatic rings. The number of rotatable bonds is 6. The average molecular weight is 316 g/mol. The number of carbonyl (C=O) groups excluding carboxylic acids is 1. The Balaban J connectivity index is 1.94. The lowest BCUT2D eigenvalue weighted by molar-refractivity contribution is 0.104. The normalized spacial score (nSPS) is 10.7. The minimum atomic E-state index is -0.0297. The fourth-order valence-electron chi connectivity index (χ4n) is 1.78. The van der Waals surface area contributed by atoms with Crippen LogP contribution in [0.4, 0.5) is 0 Å². The van der Waals surface area contributed by atoms with Crippen LogP contribution in [0.25, 0.3) is 0 Å². The van der Waals surface area contributed by atoms with E-state index in [-0.39, 0.29) is 5.78 Å². The van der Waals surface area contributed by atoms with Gasteiger partial charge in [-0.3, -0.25) is 4.79 Å². The lowest BCUT2D eigenvalue weighted by atomic mass is 10.1. The Kier molecular flexibility index (Phi) is 5.61. The molecule has 0 aliphatic carbocycles. The van der Waals surface area contributed by atoms with Gasteiger partial charge >= 0.3 is 0 Å². The van der Waals surface area contributed by atoms with E-state index in [0.29, 0.717) is 17.2 Å². The molecule has 4 heteroatoms. The van der Waals surface area contributed by atoms with Crippen LogP contribution in [0.1, 0.15) is 15.9 Å². The van der Waals surface area contributed by atoms with Crippen molar-refractivity contribution in [3.05, 3.63) is 77.0 Å². The van der Waals surface area contributed by atoms with E-state index in [9.17, 15) is 4.79 Å². The van der Waals surface area contributed by atoms with Gasteiger partial charge in [-0.15, -0.1) is 0 Å². The molecule has 22 heavy (non-hydrogen) atoms. The minimum Gasteiger partial charge on any atom is -0.489 e. The quantitative estimate of drug-likeness (QED) is 0.591. The molecular weight excluding hydrogens is 298 g/mol. The van der Waals surface area contributed by atoms with Gasteiger partial charge in [0.2, 0.25) is 0 Å². The highest BCUT2D eigenvalue weighted by Crippen LogP contribution is 2.16. The van der Waals surface area contributed by atoms with Crippen LogP contribution in [0.3, 0.4) is 0 Å². The first-order valence-electron chi connectivity index (χ1n) is 6.91. The second kappa shape index (κ2) is 7.66. The molecule has 2 rings (SSSR count). The second-order valence-electron chi connectivity index (χ2n) is 5.08. The van der Waals surface area contributed by atoms with Crippen molar-refractivity contribution in [3.8, 4) is 5.75 Å². The van der Waals surface area contributed by atoms with E-state index in [1.54, 1.807) is 36.5 Å². The van der Waals surface area contributed by atoms with Gasteiger partial charge in [0.25, 0.3) is 0 Å². The van der Waals surface area contributed by atoms with Gasteiger partial charge in [-0.2, -0.15) is 0 Å². The minimum absolute atomic E-state index is 0.0297. The molecule has 114 valence electrons. The van der Waals surface area contributed by atoms with Crippen LogP contribution in [0.2, 0.25) is 5.02 Å². The number of hydrogen-bond donors (Lipinski definition) is 0. The smallest absolute Gasteiger partial charge is 0.187 e. The van der Waals surface area contributed by atoms with E-state index in [2.05, 4.69) is 0 Å². The molecule has 0 radical (unpaired) electrons. The Labute approximate surface area is 135 Å². The zero-order valence-electron chi connectivity index (χ0n) is 12.6. The van der Waals surface area contributed by atoms with E-state index < -0.39 is 0 Å². The fraction of sp³-hybridized carbons (Fsp3) is 0.167. The molecule has 0 atom stereocenters. The summed E-state index contributed by atoms with van der Waals surface area (Å²) in [4.78, 5) is 13.7. The number of ketones is 1. The summed E-state index contributed by atoms with van der Waals surface area (Å²) in [5.41, 5.74) is 1.68. The van der Waals surface area contributed by atoms with Gasteiger partial charge in [-0.05, 0) is 42.0 Å². The largest absolute Gasteiger partial charge is 0.489 e. The summed E-state index contributed by atoms with van der Waals surface area (Å²) in [5.74, 6) is 0.695. The molecule has 3 nitrogen and oxygen atoms in total. The monoisotopic (exact) mass is 315 g/mol. The Morgan fingerprint density at radius 1 is 1.09 bits per heavy atom. The number of ether oxygens (including phenoxy) is 1. The summed E-state index contributed by atoms with van der Waals surface area (Å²) in [5, 5.41) is 0.706. The summed E-state index contributed by atoms with van der Waals surface area (Å²) in [7, 11) is 3.75. The van der Waals surface area contributed by atoms with Gasteiger partial charge in [0.05, 0.1) is 0 Å². The van der Waals surface area contributed by atoms with Crippen molar-refractivity contribution in [2.45, 2.75) is 6.61 Å². The summed E-state index contributed by atoms with van der Waals surface area (Å²) < 4.78 is 5.68. The van der Waals surface area contributed by atoms with Gasteiger partial charge in [0.15, 0.2) is 5.78 Å². The Morgan fingerprint density at radius 3 is 2.32 bits per heavy atom. The third kappa shape index (κ3) is 4.93. The lowest BCUT2D eigenvalue weighted by Crippen LogP contribution is -2.03. The summed E-state index contributed by atoms with van der Waals surface area (Å²) in [6.07, 6.45) is 3.27.